The van der Waals surface area contributed by atoms with Gasteiger partial charge in [-0.15, -0.1) is 0 Å². The number of hydrogen-bond donors (Lipinski definition) is 1. The van der Waals surface area contributed by atoms with Crippen molar-refractivity contribution in [3.63, 3.8) is 0 Å². The SMILES string of the molecule is CCNC(=NCC(C)C)N1CCSC(C)(C)C1. The van der Waals surface area contributed by atoms with Crippen LogP contribution < -0.4 is 5.32 Å². The van der Waals surface area contributed by atoms with Crippen LogP contribution in [0.15, 0.2) is 4.99 Å². The van der Waals surface area contributed by atoms with E-state index in [1.54, 1.807) is 0 Å². The van der Waals surface area contributed by atoms with Gasteiger partial charge in [0.05, 0.1) is 0 Å². The Bertz CT molecular complexity index is 261. The zero-order valence-corrected chi connectivity index (χ0v) is 12.7. The molecule has 1 aliphatic rings. The lowest BCUT2D eigenvalue weighted by Gasteiger charge is -2.39. The fraction of sp³-hybridized carbons (Fsp3) is 0.923. The molecule has 0 unspecified atom stereocenters. The van der Waals surface area contributed by atoms with Crippen molar-refractivity contribution in [3.05, 3.63) is 0 Å². The fourth-order valence-electron chi connectivity index (χ4n) is 1.89. The Morgan fingerprint density at radius 2 is 2.18 bits per heavy atom. The molecule has 0 aromatic heterocycles. The van der Waals surface area contributed by atoms with Gasteiger partial charge in [0.15, 0.2) is 5.96 Å². The molecule has 0 aliphatic carbocycles. The molecule has 1 fully saturated rings. The number of thioether (sulfide) groups is 1. The first kappa shape index (κ1) is 14.7. The van der Waals surface area contributed by atoms with Crippen LogP contribution in [0.2, 0.25) is 0 Å². The number of nitrogens with zero attached hydrogens (tertiary/aromatic N) is 2. The van der Waals surface area contributed by atoms with Crippen molar-refractivity contribution in [2.45, 2.75) is 39.4 Å². The Hall–Kier alpha value is -0.380. The summed E-state index contributed by atoms with van der Waals surface area (Å²) in [4.78, 5) is 7.13. The molecule has 0 bridgehead atoms. The summed E-state index contributed by atoms with van der Waals surface area (Å²) in [6.45, 7) is 15.2. The third kappa shape index (κ3) is 5.19. The third-order valence-electron chi connectivity index (χ3n) is 2.67. The van der Waals surface area contributed by atoms with Crippen molar-refractivity contribution < 1.29 is 0 Å². The van der Waals surface area contributed by atoms with Gasteiger partial charge >= 0.3 is 0 Å². The monoisotopic (exact) mass is 257 g/mol. The van der Waals surface area contributed by atoms with Crippen LogP contribution >= 0.6 is 11.8 Å². The standard InChI is InChI=1S/C13H27N3S/c1-6-14-12(15-9-11(2)3)16-7-8-17-13(4,5)10-16/h11H,6-10H2,1-5H3,(H,14,15). The van der Waals surface area contributed by atoms with Crippen LogP contribution in [0, 0.1) is 5.92 Å². The molecular formula is C13H27N3S. The highest BCUT2D eigenvalue weighted by Gasteiger charge is 2.28. The van der Waals surface area contributed by atoms with Crippen molar-refractivity contribution in [2.75, 3.05) is 31.9 Å². The predicted molar refractivity (Wildman–Crippen MR) is 78.9 cm³/mol. The largest absolute Gasteiger partial charge is 0.357 e. The lowest BCUT2D eigenvalue weighted by Crippen LogP contribution is -2.51. The van der Waals surface area contributed by atoms with Gasteiger partial charge in [-0.25, -0.2) is 0 Å². The lowest BCUT2D eigenvalue weighted by molar-refractivity contribution is 0.375. The Labute approximate surface area is 110 Å². The van der Waals surface area contributed by atoms with Crippen LogP contribution in [0.1, 0.15) is 34.6 Å². The quantitative estimate of drug-likeness (QED) is 0.621. The second kappa shape index (κ2) is 6.53. The van der Waals surface area contributed by atoms with Gasteiger partial charge in [0.1, 0.15) is 0 Å². The summed E-state index contributed by atoms with van der Waals surface area (Å²) in [6.07, 6.45) is 0. The van der Waals surface area contributed by atoms with Gasteiger partial charge in [0, 0.05) is 36.7 Å². The van der Waals surface area contributed by atoms with Crippen LogP contribution in [0.5, 0.6) is 0 Å². The van der Waals surface area contributed by atoms with Gasteiger partial charge in [-0.05, 0) is 26.7 Å². The zero-order chi connectivity index (χ0) is 12.9. The molecule has 100 valence electrons. The number of hydrogen-bond acceptors (Lipinski definition) is 2. The lowest BCUT2D eigenvalue weighted by atomic mass is 10.2. The molecular weight excluding hydrogens is 230 g/mol. The summed E-state index contributed by atoms with van der Waals surface area (Å²) in [6, 6.07) is 0. The van der Waals surface area contributed by atoms with Crippen LogP contribution in [-0.4, -0.2) is 47.5 Å². The van der Waals surface area contributed by atoms with Crippen LogP contribution in [0.25, 0.3) is 0 Å². The smallest absolute Gasteiger partial charge is 0.193 e. The molecule has 0 aromatic carbocycles. The van der Waals surface area contributed by atoms with Crippen LogP contribution in [0.4, 0.5) is 0 Å². The van der Waals surface area contributed by atoms with Gasteiger partial charge in [-0.2, -0.15) is 11.8 Å². The Morgan fingerprint density at radius 1 is 1.47 bits per heavy atom. The van der Waals surface area contributed by atoms with Crippen LogP contribution in [-0.2, 0) is 0 Å². The molecule has 1 aliphatic heterocycles. The van der Waals surface area contributed by atoms with E-state index in [-0.39, 0.29) is 0 Å². The zero-order valence-electron chi connectivity index (χ0n) is 11.9. The third-order valence-corrected chi connectivity index (χ3v) is 3.96. The maximum absolute atomic E-state index is 4.72. The minimum atomic E-state index is 0.340. The molecule has 0 amide bonds. The van der Waals surface area contributed by atoms with Gasteiger partial charge in [-0.3, -0.25) is 4.99 Å². The first-order chi connectivity index (χ1) is 7.94. The van der Waals surface area contributed by atoms with Gasteiger partial charge in [0.25, 0.3) is 0 Å². The van der Waals surface area contributed by atoms with E-state index < -0.39 is 0 Å². The van der Waals surface area contributed by atoms with E-state index in [1.807, 2.05) is 0 Å². The van der Waals surface area contributed by atoms with E-state index in [0.717, 1.165) is 32.1 Å². The molecule has 17 heavy (non-hydrogen) atoms. The highest BCUT2D eigenvalue weighted by Crippen LogP contribution is 2.29. The molecule has 0 saturated carbocycles. The van der Waals surface area contributed by atoms with Crippen LogP contribution in [0.3, 0.4) is 0 Å². The number of nitrogens with one attached hydrogen (secondary N) is 1. The number of guanidine groups is 1. The Balaban J connectivity index is 2.66. The summed E-state index contributed by atoms with van der Waals surface area (Å²) in [5, 5.41) is 3.41. The van der Waals surface area contributed by atoms with Gasteiger partial charge < -0.3 is 10.2 Å². The van der Waals surface area contributed by atoms with Crippen molar-refractivity contribution in [1.29, 1.82) is 0 Å². The summed E-state index contributed by atoms with van der Waals surface area (Å²) >= 11 is 2.06. The number of rotatable bonds is 3. The molecule has 4 heteroatoms. The molecule has 1 N–H and O–H groups in total. The maximum atomic E-state index is 4.72. The normalized spacial score (nSPS) is 20.8. The molecule has 3 nitrogen and oxygen atoms in total. The number of aliphatic imine (C=N–C) groups is 1. The van der Waals surface area contributed by atoms with Crippen molar-refractivity contribution in [2.24, 2.45) is 10.9 Å². The topological polar surface area (TPSA) is 27.6 Å². The molecule has 0 spiro atoms. The highest BCUT2D eigenvalue weighted by atomic mass is 32.2. The van der Waals surface area contributed by atoms with E-state index in [0.29, 0.717) is 10.7 Å². The van der Waals surface area contributed by atoms with Crippen molar-refractivity contribution in [1.82, 2.24) is 10.2 Å². The maximum Gasteiger partial charge on any atom is 0.193 e. The first-order valence-electron chi connectivity index (χ1n) is 6.62. The van der Waals surface area contributed by atoms with E-state index in [9.17, 15) is 0 Å². The van der Waals surface area contributed by atoms with Gasteiger partial charge in [-0.1, -0.05) is 13.8 Å². The average molecular weight is 257 g/mol. The second-order valence-corrected chi connectivity index (χ2v) is 7.42. The predicted octanol–water partition coefficient (Wildman–Crippen LogP) is 2.44. The minimum absolute atomic E-state index is 0.340. The Morgan fingerprint density at radius 3 is 2.71 bits per heavy atom. The highest BCUT2D eigenvalue weighted by molar-refractivity contribution is 8.00. The van der Waals surface area contributed by atoms with Crippen molar-refractivity contribution >= 4 is 17.7 Å². The summed E-state index contributed by atoms with van der Waals surface area (Å²) in [5.41, 5.74) is 0. The molecule has 0 atom stereocenters. The summed E-state index contributed by atoms with van der Waals surface area (Å²) in [7, 11) is 0. The first-order valence-corrected chi connectivity index (χ1v) is 7.60. The van der Waals surface area contributed by atoms with E-state index >= 15 is 0 Å². The van der Waals surface area contributed by atoms with Gasteiger partial charge in [0.2, 0.25) is 0 Å². The summed E-state index contributed by atoms with van der Waals surface area (Å²) < 4.78 is 0.340. The molecule has 1 heterocycles. The van der Waals surface area contributed by atoms with Crippen molar-refractivity contribution in [3.8, 4) is 0 Å². The second-order valence-electron chi connectivity index (χ2n) is 5.62. The van der Waals surface area contributed by atoms with E-state index in [1.165, 1.54) is 5.75 Å². The summed E-state index contributed by atoms with van der Waals surface area (Å²) in [5.74, 6) is 2.91. The van der Waals surface area contributed by atoms with E-state index in [2.05, 4.69) is 56.6 Å². The van der Waals surface area contributed by atoms with E-state index in [4.69, 9.17) is 4.99 Å². The molecule has 1 rings (SSSR count). The minimum Gasteiger partial charge on any atom is -0.357 e. The molecule has 0 aromatic rings. The molecule has 0 radical (unpaired) electrons. The fourth-order valence-corrected chi connectivity index (χ4v) is 3.00. The molecule has 1 saturated heterocycles. The Kier molecular flexibility index (Phi) is 5.63. The average Bonchev–Trinajstić information content (AvgIpc) is 2.22.